The molecule has 0 amide bonds. The number of aromatic amines is 1. The summed E-state index contributed by atoms with van der Waals surface area (Å²) in [4.78, 5) is 13.4. The van der Waals surface area contributed by atoms with E-state index in [2.05, 4.69) is 116 Å². The summed E-state index contributed by atoms with van der Waals surface area (Å²) < 4.78 is 2.30. The van der Waals surface area contributed by atoms with Gasteiger partial charge < -0.3 is 9.55 Å². The van der Waals surface area contributed by atoms with E-state index in [1.54, 1.807) is 0 Å². The molecular formula is C30H26N4Pd. The van der Waals surface area contributed by atoms with Crippen LogP contribution in [0.5, 0.6) is 0 Å². The molecule has 0 fully saturated rings. The van der Waals surface area contributed by atoms with Crippen LogP contribution < -0.4 is 0 Å². The Morgan fingerprint density at radius 3 is 2.11 bits per heavy atom. The van der Waals surface area contributed by atoms with Crippen molar-refractivity contribution < 1.29 is 20.4 Å². The topological polar surface area (TPSA) is 46.5 Å². The molecule has 0 radical (unpaired) electrons. The van der Waals surface area contributed by atoms with E-state index >= 15 is 0 Å². The Hall–Kier alpha value is -3.52. The van der Waals surface area contributed by atoms with Gasteiger partial charge in [0.05, 0.1) is 28.3 Å². The molecule has 4 aromatic rings. The van der Waals surface area contributed by atoms with Crippen molar-refractivity contribution in [2.45, 2.75) is 20.8 Å². The molecule has 0 spiro atoms. The van der Waals surface area contributed by atoms with Crippen LogP contribution in [0.25, 0.3) is 57.0 Å². The van der Waals surface area contributed by atoms with Crippen molar-refractivity contribution in [2.75, 3.05) is 0 Å². The monoisotopic (exact) mass is 548 g/mol. The number of nitrogens with one attached hydrogen (secondary N) is 1. The van der Waals surface area contributed by atoms with Crippen LogP contribution in [0.2, 0.25) is 0 Å². The number of nitrogens with zero attached hydrogens (tertiary/aromatic N) is 3. The van der Waals surface area contributed by atoms with Gasteiger partial charge in [-0.15, -0.1) is 0 Å². The third kappa shape index (κ3) is 4.01. The van der Waals surface area contributed by atoms with E-state index in [4.69, 9.17) is 9.97 Å². The summed E-state index contributed by atoms with van der Waals surface area (Å²) in [5, 5.41) is 0. The standard InChI is InChI=1S/C30H26N4.Pd/c1-18-14-26-16-24-11-10-22(31-24)15-23-12-13-25(32-23)17-27-28(21-8-6-5-7-9-21)19(2)30(34(27)4)20(3)29(18)33-26;/h5-17,31H,1-4H3;. The van der Waals surface area contributed by atoms with Crippen LogP contribution in [0.3, 0.4) is 0 Å². The molecule has 8 bridgehead atoms. The molecule has 35 heavy (non-hydrogen) atoms. The maximum absolute atomic E-state index is 5.02. The maximum atomic E-state index is 5.02. The molecule has 4 nitrogen and oxygen atoms in total. The van der Waals surface area contributed by atoms with Gasteiger partial charge in [0.2, 0.25) is 0 Å². The summed E-state index contributed by atoms with van der Waals surface area (Å²) >= 11 is 0. The second kappa shape index (κ2) is 8.93. The first-order valence-electron chi connectivity index (χ1n) is 11.6. The first-order chi connectivity index (χ1) is 16.5. The minimum Gasteiger partial charge on any atom is -0.355 e. The fourth-order valence-corrected chi connectivity index (χ4v) is 5.24. The van der Waals surface area contributed by atoms with Gasteiger partial charge in [0.25, 0.3) is 0 Å². The average molecular weight is 549 g/mol. The molecule has 3 aromatic heterocycles. The first-order valence-corrected chi connectivity index (χ1v) is 11.6. The summed E-state index contributed by atoms with van der Waals surface area (Å²) in [7, 11) is 2.15. The molecule has 176 valence electrons. The molecule has 1 aromatic carbocycles. The van der Waals surface area contributed by atoms with Crippen molar-refractivity contribution in [3.05, 3.63) is 94.6 Å². The number of allylic oxidation sites excluding steroid dienone is 1. The van der Waals surface area contributed by atoms with Crippen molar-refractivity contribution in [2.24, 2.45) is 7.05 Å². The van der Waals surface area contributed by atoms with Crippen molar-refractivity contribution in [3.8, 4) is 11.1 Å². The van der Waals surface area contributed by atoms with E-state index in [1.165, 1.54) is 33.3 Å². The Morgan fingerprint density at radius 2 is 1.40 bits per heavy atom. The SMILES string of the molecule is CC1=Cc2cc3ccc(cc4nc(cc5c(-c6ccccc6)c(C)c(c(C)c1n2)n5C)C=C4)[nH]3.[Pd]. The Morgan fingerprint density at radius 1 is 0.743 bits per heavy atom. The van der Waals surface area contributed by atoms with Gasteiger partial charge in [0.15, 0.2) is 0 Å². The Balaban J connectivity index is 0.00000253. The molecule has 0 atom stereocenters. The van der Waals surface area contributed by atoms with E-state index in [0.29, 0.717) is 0 Å². The minimum absolute atomic E-state index is 0. The third-order valence-corrected chi connectivity index (χ3v) is 6.74. The van der Waals surface area contributed by atoms with E-state index < -0.39 is 0 Å². The first kappa shape index (κ1) is 23.2. The largest absolute Gasteiger partial charge is 0.355 e. The summed E-state index contributed by atoms with van der Waals surface area (Å²) in [6.07, 6.45) is 6.32. The van der Waals surface area contributed by atoms with Crippen LogP contribution >= 0.6 is 0 Å². The predicted octanol–water partition coefficient (Wildman–Crippen LogP) is 7.34. The van der Waals surface area contributed by atoms with E-state index in [0.717, 1.165) is 39.3 Å². The van der Waals surface area contributed by atoms with Crippen LogP contribution in [0.4, 0.5) is 0 Å². The van der Waals surface area contributed by atoms with Gasteiger partial charge in [0, 0.05) is 49.6 Å². The van der Waals surface area contributed by atoms with Crippen LogP contribution in [-0.2, 0) is 27.5 Å². The number of rotatable bonds is 1. The van der Waals surface area contributed by atoms with Gasteiger partial charge in [-0.25, -0.2) is 9.97 Å². The summed E-state index contributed by atoms with van der Waals surface area (Å²) in [5.41, 5.74) is 14.3. The van der Waals surface area contributed by atoms with Crippen LogP contribution in [0.1, 0.15) is 40.8 Å². The van der Waals surface area contributed by atoms with E-state index in [9.17, 15) is 0 Å². The van der Waals surface area contributed by atoms with Crippen molar-refractivity contribution in [3.63, 3.8) is 0 Å². The second-order valence-electron chi connectivity index (χ2n) is 9.09. The van der Waals surface area contributed by atoms with E-state index in [-0.39, 0.29) is 20.4 Å². The van der Waals surface area contributed by atoms with Gasteiger partial charge in [-0.1, -0.05) is 30.3 Å². The number of aromatic nitrogens is 4. The molecule has 5 heteroatoms. The number of H-pyrrole nitrogens is 1. The Bertz CT molecular complexity index is 1680. The summed E-state index contributed by atoms with van der Waals surface area (Å²) in [5.74, 6) is 0. The maximum Gasteiger partial charge on any atom is 0.0716 e. The third-order valence-electron chi connectivity index (χ3n) is 6.74. The summed E-state index contributed by atoms with van der Waals surface area (Å²) in [6.45, 7) is 6.54. The predicted molar refractivity (Wildman–Crippen MR) is 143 cm³/mol. The van der Waals surface area contributed by atoms with Crippen LogP contribution in [0.15, 0.2) is 60.7 Å². The number of hydrogen-bond acceptors (Lipinski definition) is 2. The molecule has 0 saturated heterocycles. The molecule has 0 aliphatic carbocycles. The molecule has 6 rings (SSSR count). The zero-order valence-corrected chi connectivity index (χ0v) is 21.7. The van der Waals surface area contributed by atoms with Crippen molar-refractivity contribution in [1.29, 1.82) is 0 Å². The number of aryl methyl sites for hydroxylation is 3. The van der Waals surface area contributed by atoms with Crippen LogP contribution in [-0.4, -0.2) is 19.5 Å². The zero-order valence-electron chi connectivity index (χ0n) is 20.2. The molecule has 5 heterocycles. The molecule has 0 unspecified atom stereocenters. The second-order valence-corrected chi connectivity index (χ2v) is 9.09. The number of fused-ring (bicyclic) bond motifs is 8. The molecule has 0 saturated carbocycles. The van der Waals surface area contributed by atoms with Gasteiger partial charge in [-0.3, -0.25) is 0 Å². The summed E-state index contributed by atoms with van der Waals surface area (Å²) in [6, 6.07) is 21.2. The molecule has 1 N–H and O–H groups in total. The Kier molecular flexibility index (Phi) is 5.93. The molecule has 2 aliphatic heterocycles. The molecular weight excluding hydrogens is 523 g/mol. The van der Waals surface area contributed by atoms with Crippen molar-refractivity contribution >= 4 is 45.9 Å². The quantitative estimate of drug-likeness (QED) is 0.223. The van der Waals surface area contributed by atoms with Gasteiger partial charge in [-0.2, -0.15) is 0 Å². The smallest absolute Gasteiger partial charge is 0.0716 e. The Labute approximate surface area is 218 Å². The zero-order chi connectivity index (χ0) is 23.4. The average Bonchev–Trinajstić information content (AvgIpc) is 3.58. The van der Waals surface area contributed by atoms with Gasteiger partial charge >= 0.3 is 0 Å². The fourth-order valence-electron chi connectivity index (χ4n) is 5.24. The van der Waals surface area contributed by atoms with Crippen molar-refractivity contribution in [1.82, 2.24) is 19.5 Å². The van der Waals surface area contributed by atoms with Crippen LogP contribution in [0, 0.1) is 13.8 Å². The fraction of sp³-hybridized carbons (Fsp3) is 0.133. The van der Waals surface area contributed by atoms with Gasteiger partial charge in [-0.05, 0) is 91.6 Å². The number of benzene rings is 1. The minimum atomic E-state index is 0. The normalized spacial score (nSPS) is 12.4. The molecule has 2 aliphatic rings. The van der Waals surface area contributed by atoms with E-state index in [1.807, 2.05) is 0 Å². The van der Waals surface area contributed by atoms with Gasteiger partial charge in [0.1, 0.15) is 0 Å². The number of hydrogen-bond donors (Lipinski definition) is 1.